The Labute approximate surface area is 138 Å². The van der Waals surface area contributed by atoms with E-state index >= 15 is 0 Å². The van der Waals surface area contributed by atoms with Crippen LogP contribution in [-0.2, 0) is 11.2 Å². The molecule has 0 radical (unpaired) electrons. The molecule has 0 spiro atoms. The number of amides is 1. The van der Waals surface area contributed by atoms with E-state index in [4.69, 9.17) is 0 Å². The Hall–Kier alpha value is -2.27. The highest BCUT2D eigenvalue weighted by Crippen LogP contribution is 2.23. The predicted molar refractivity (Wildman–Crippen MR) is 92.2 cm³/mol. The third kappa shape index (κ3) is 4.13. The third-order valence-corrected chi connectivity index (χ3v) is 4.63. The number of aromatic nitrogens is 1. The van der Waals surface area contributed by atoms with Gasteiger partial charge in [0, 0.05) is 6.42 Å². The average molecular weight is 328 g/mol. The number of thiazole rings is 1. The summed E-state index contributed by atoms with van der Waals surface area (Å²) in [6, 6.07) is 14.3. The zero-order valence-corrected chi connectivity index (χ0v) is 13.4. The summed E-state index contributed by atoms with van der Waals surface area (Å²) in [6.07, 6.45) is 2.91. The second-order valence-corrected chi connectivity index (χ2v) is 6.43. The van der Waals surface area contributed by atoms with Crippen molar-refractivity contribution in [3.8, 4) is 0 Å². The molecule has 2 aromatic carbocycles. The van der Waals surface area contributed by atoms with E-state index in [9.17, 15) is 9.18 Å². The monoisotopic (exact) mass is 328 g/mol. The Bertz CT molecular complexity index is 782. The number of hydrogen-bond donors (Lipinski definition) is 1. The first-order chi connectivity index (χ1) is 11.2. The number of halogens is 1. The van der Waals surface area contributed by atoms with Crippen LogP contribution < -0.4 is 5.32 Å². The number of aryl methyl sites for hydroxylation is 1. The maximum atomic E-state index is 13.4. The number of unbranched alkanes of at least 4 members (excludes halogenated alkanes) is 1. The van der Waals surface area contributed by atoms with Gasteiger partial charge in [0.15, 0.2) is 0 Å². The number of carbonyl (C=O) groups excluding carboxylic acids is 1. The van der Waals surface area contributed by atoms with Gasteiger partial charge in [-0.2, -0.15) is 0 Å². The smallest absolute Gasteiger partial charge is 0.224 e. The van der Waals surface area contributed by atoms with Crippen LogP contribution in [0.1, 0.15) is 24.3 Å². The Morgan fingerprint density at radius 3 is 2.70 bits per heavy atom. The minimum absolute atomic E-state index is 0.153. The van der Waals surface area contributed by atoms with Gasteiger partial charge in [-0.3, -0.25) is 4.79 Å². The zero-order chi connectivity index (χ0) is 16.1. The molecule has 1 amide bonds. The van der Waals surface area contributed by atoms with Crippen molar-refractivity contribution in [2.45, 2.75) is 25.7 Å². The van der Waals surface area contributed by atoms with E-state index < -0.39 is 5.82 Å². The molecule has 0 atom stereocenters. The highest BCUT2D eigenvalue weighted by molar-refractivity contribution is 7.18. The maximum absolute atomic E-state index is 13.4. The molecule has 1 aromatic heterocycles. The lowest BCUT2D eigenvalue weighted by Crippen LogP contribution is -2.12. The molecule has 0 fully saturated rings. The fraction of sp³-hybridized carbons (Fsp3) is 0.222. The van der Waals surface area contributed by atoms with Crippen molar-refractivity contribution in [1.82, 2.24) is 4.98 Å². The number of anilines is 1. The SMILES string of the molecule is O=C(CCCCc1nc2ccccc2s1)Nc1ccccc1F. The number of fused-ring (bicyclic) bond motifs is 1. The van der Waals surface area contributed by atoms with Crippen LogP contribution in [0.3, 0.4) is 0 Å². The number of para-hydroxylation sites is 2. The van der Waals surface area contributed by atoms with Gasteiger partial charge in [0.1, 0.15) is 5.82 Å². The van der Waals surface area contributed by atoms with Gasteiger partial charge < -0.3 is 5.32 Å². The number of nitrogens with one attached hydrogen (secondary N) is 1. The fourth-order valence-corrected chi connectivity index (χ4v) is 3.37. The van der Waals surface area contributed by atoms with Crippen molar-refractivity contribution in [2.24, 2.45) is 0 Å². The van der Waals surface area contributed by atoms with Crippen molar-refractivity contribution in [2.75, 3.05) is 5.32 Å². The summed E-state index contributed by atoms with van der Waals surface area (Å²) < 4.78 is 14.6. The van der Waals surface area contributed by atoms with Crippen molar-refractivity contribution in [3.05, 3.63) is 59.4 Å². The summed E-state index contributed by atoms with van der Waals surface area (Å²) in [5, 5.41) is 3.70. The molecular weight excluding hydrogens is 311 g/mol. The molecular formula is C18H17FN2OS. The van der Waals surface area contributed by atoms with E-state index in [1.807, 2.05) is 18.2 Å². The summed E-state index contributed by atoms with van der Waals surface area (Å²) in [5.41, 5.74) is 1.27. The second kappa shape index (κ2) is 7.33. The van der Waals surface area contributed by atoms with E-state index in [-0.39, 0.29) is 11.6 Å². The van der Waals surface area contributed by atoms with Crippen molar-refractivity contribution >= 4 is 33.1 Å². The molecule has 0 bridgehead atoms. The van der Waals surface area contributed by atoms with Crippen LogP contribution in [0.25, 0.3) is 10.2 Å². The van der Waals surface area contributed by atoms with Crippen LogP contribution in [-0.4, -0.2) is 10.9 Å². The van der Waals surface area contributed by atoms with Crippen LogP contribution >= 0.6 is 11.3 Å². The van der Waals surface area contributed by atoms with Crippen LogP contribution in [0.15, 0.2) is 48.5 Å². The number of rotatable bonds is 6. The highest BCUT2D eigenvalue weighted by atomic mass is 32.1. The van der Waals surface area contributed by atoms with Gasteiger partial charge in [-0.15, -0.1) is 11.3 Å². The van der Waals surface area contributed by atoms with Crippen LogP contribution in [0.2, 0.25) is 0 Å². The number of nitrogens with zero attached hydrogens (tertiary/aromatic N) is 1. The van der Waals surface area contributed by atoms with Crippen molar-refractivity contribution < 1.29 is 9.18 Å². The molecule has 3 rings (SSSR count). The summed E-state index contributed by atoms with van der Waals surface area (Å²) >= 11 is 1.70. The summed E-state index contributed by atoms with van der Waals surface area (Å²) in [5.74, 6) is -0.560. The van der Waals surface area contributed by atoms with Gasteiger partial charge in [0.05, 0.1) is 20.9 Å². The standard InChI is InChI=1S/C18H17FN2OS/c19-13-7-1-2-8-14(13)20-17(22)11-5-6-12-18-21-15-9-3-4-10-16(15)23-18/h1-4,7-10H,5-6,11-12H2,(H,20,22). The summed E-state index contributed by atoms with van der Waals surface area (Å²) in [7, 11) is 0. The number of carbonyl (C=O) groups is 1. The van der Waals surface area contributed by atoms with Crippen LogP contribution in [0, 0.1) is 5.82 Å². The van der Waals surface area contributed by atoms with Crippen molar-refractivity contribution in [1.29, 1.82) is 0 Å². The Balaban J connectivity index is 1.44. The Morgan fingerprint density at radius 1 is 1.09 bits per heavy atom. The molecule has 118 valence electrons. The molecule has 0 aliphatic carbocycles. The minimum Gasteiger partial charge on any atom is -0.324 e. The van der Waals surface area contributed by atoms with E-state index in [2.05, 4.69) is 16.4 Å². The van der Waals surface area contributed by atoms with Crippen LogP contribution in [0.4, 0.5) is 10.1 Å². The maximum Gasteiger partial charge on any atom is 0.224 e. The summed E-state index contributed by atoms with van der Waals surface area (Å²) in [4.78, 5) is 16.4. The van der Waals surface area contributed by atoms with Gasteiger partial charge in [-0.05, 0) is 43.5 Å². The molecule has 1 heterocycles. The van der Waals surface area contributed by atoms with E-state index in [1.165, 1.54) is 10.8 Å². The largest absolute Gasteiger partial charge is 0.324 e. The molecule has 0 saturated carbocycles. The summed E-state index contributed by atoms with van der Waals surface area (Å²) in [6.45, 7) is 0. The molecule has 3 nitrogen and oxygen atoms in total. The van der Waals surface area contributed by atoms with Gasteiger partial charge in [-0.1, -0.05) is 24.3 Å². The molecule has 0 unspecified atom stereocenters. The lowest BCUT2D eigenvalue weighted by atomic mass is 10.2. The topological polar surface area (TPSA) is 42.0 Å². The quantitative estimate of drug-likeness (QED) is 0.661. The lowest BCUT2D eigenvalue weighted by molar-refractivity contribution is -0.116. The number of benzene rings is 2. The Morgan fingerprint density at radius 2 is 1.87 bits per heavy atom. The molecule has 5 heteroatoms. The first kappa shape index (κ1) is 15.6. The van der Waals surface area contributed by atoms with Gasteiger partial charge in [0.25, 0.3) is 0 Å². The first-order valence-electron chi connectivity index (χ1n) is 7.61. The van der Waals surface area contributed by atoms with Gasteiger partial charge in [0.2, 0.25) is 5.91 Å². The predicted octanol–water partition coefficient (Wildman–Crippen LogP) is 4.79. The van der Waals surface area contributed by atoms with Gasteiger partial charge >= 0.3 is 0 Å². The highest BCUT2D eigenvalue weighted by Gasteiger charge is 2.07. The second-order valence-electron chi connectivity index (χ2n) is 5.31. The number of hydrogen-bond acceptors (Lipinski definition) is 3. The molecule has 3 aromatic rings. The third-order valence-electron chi connectivity index (χ3n) is 3.53. The van der Waals surface area contributed by atoms with Crippen LogP contribution in [0.5, 0.6) is 0 Å². The minimum atomic E-state index is -0.407. The molecule has 0 saturated heterocycles. The Kier molecular flexibility index (Phi) is 4.98. The molecule has 1 N–H and O–H groups in total. The van der Waals surface area contributed by atoms with Crippen molar-refractivity contribution in [3.63, 3.8) is 0 Å². The normalized spacial score (nSPS) is 10.8. The molecule has 0 aliphatic rings. The molecule has 23 heavy (non-hydrogen) atoms. The van der Waals surface area contributed by atoms with E-state index in [0.29, 0.717) is 6.42 Å². The van der Waals surface area contributed by atoms with Gasteiger partial charge in [-0.25, -0.2) is 9.37 Å². The lowest BCUT2D eigenvalue weighted by Gasteiger charge is -2.05. The fourth-order valence-electron chi connectivity index (χ4n) is 2.36. The van der Waals surface area contributed by atoms with E-state index in [0.717, 1.165) is 29.8 Å². The van der Waals surface area contributed by atoms with E-state index in [1.54, 1.807) is 29.5 Å². The molecule has 0 aliphatic heterocycles. The zero-order valence-electron chi connectivity index (χ0n) is 12.6. The average Bonchev–Trinajstić information content (AvgIpc) is 2.96. The first-order valence-corrected chi connectivity index (χ1v) is 8.43.